The van der Waals surface area contributed by atoms with Gasteiger partial charge in [-0.25, -0.2) is 4.79 Å². The fourth-order valence-corrected chi connectivity index (χ4v) is 2.40. The molecule has 0 unspecified atom stereocenters. The first kappa shape index (κ1) is 7.84. The lowest BCUT2D eigenvalue weighted by molar-refractivity contribution is -0.145. The lowest BCUT2D eigenvalue weighted by atomic mass is 9.85. The molecule has 0 amide bonds. The van der Waals surface area contributed by atoms with E-state index in [4.69, 9.17) is 4.74 Å². The van der Waals surface area contributed by atoms with E-state index in [9.17, 15) is 4.79 Å². The van der Waals surface area contributed by atoms with Gasteiger partial charge in [-0.3, -0.25) is 0 Å². The van der Waals surface area contributed by atoms with Crippen molar-refractivity contribution >= 4 is 5.97 Å². The van der Waals surface area contributed by atoms with E-state index in [-0.39, 0.29) is 5.97 Å². The molecule has 1 saturated carbocycles. The summed E-state index contributed by atoms with van der Waals surface area (Å²) in [7, 11) is 0. The molecule has 0 aromatic rings. The van der Waals surface area contributed by atoms with E-state index >= 15 is 0 Å². The summed E-state index contributed by atoms with van der Waals surface area (Å²) in [5, 5.41) is 0. The average Bonchev–Trinajstić information content (AvgIpc) is 2.41. The predicted octanol–water partition coefficient (Wildman–Crippen LogP) is 1.76. The summed E-state index contributed by atoms with van der Waals surface area (Å²) in [6.07, 6.45) is 2.34. The average molecular weight is 166 g/mol. The lowest BCUT2D eigenvalue weighted by Gasteiger charge is -2.28. The molecule has 0 aromatic carbocycles. The van der Waals surface area contributed by atoms with Crippen LogP contribution in [0.25, 0.3) is 0 Å². The Hall–Kier alpha value is -0.790. The van der Waals surface area contributed by atoms with Crippen LogP contribution in [0.5, 0.6) is 0 Å². The van der Waals surface area contributed by atoms with Crippen molar-refractivity contribution in [3.63, 3.8) is 0 Å². The van der Waals surface area contributed by atoms with Crippen molar-refractivity contribution in [2.24, 2.45) is 17.8 Å². The van der Waals surface area contributed by atoms with Gasteiger partial charge in [0.2, 0.25) is 0 Å². The largest absolute Gasteiger partial charge is 0.462 e. The minimum Gasteiger partial charge on any atom is -0.462 e. The Kier molecular flexibility index (Phi) is 1.71. The number of esters is 1. The van der Waals surface area contributed by atoms with Crippen LogP contribution >= 0.6 is 0 Å². The Morgan fingerprint density at radius 2 is 2.25 bits per heavy atom. The van der Waals surface area contributed by atoms with Crippen molar-refractivity contribution in [3.8, 4) is 0 Å². The number of hydrogen-bond donors (Lipinski definition) is 0. The zero-order valence-electron chi connectivity index (χ0n) is 7.38. The standard InChI is InChI=1S/C10H14O2/c1-6-3-4-8-7(2)10(11)12-5-9(6)8/h6,8-9H,2-5H2,1H3/t6-,8+,9+/m1/s1. The third kappa shape index (κ3) is 0.977. The van der Waals surface area contributed by atoms with E-state index in [1.807, 2.05) is 0 Å². The summed E-state index contributed by atoms with van der Waals surface area (Å²) >= 11 is 0. The monoisotopic (exact) mass is 166 g/mol. The lowest BCUT2D eigenvalue weighted by Crippen LogP contribution is -2.31. The van der Waals surface area contributed by atoms with Crippen LogP contribution in [0.1, 0.15) is 19.8 Å². The Morgan fingerprint density at radius 1 is 1.50 bits per heavy atom. The number of cyclic esters (lactones) is 1. The number of fused-ring (bicyclic) bond motifs is 1. The first-order valence-corrected chi connectivity index (χ1v) is 4.56. The minimum atomic E-state index is -0.176. The molecule has 1 saturated heterocycles. The fourth-order valence-electron chi connectivity index (χ4n) is 2.40. The van der Waals surface area contributed by atoms with Crippen LogP contribution in [-0.4, -0.2) is 12.6 Å². The van der Waals surface area contributed by atoms with Gasteiger partial charge in [-0.05, 0) is 24.7 Å². The van der Waals surface area contributed by atoms with Gasteiger partial charge in [0, 0.05) is 11.5 Å². The van der Waals surface area contributed by atoms with Crippen LogP contribution < -0.4 is 0 Å². The van der Waals surface area contributed by atoms with Gasteiger partial charge in [0.1, 0.15) is 0 Å². The summed E-state index contributed by atoms with van der Waals surface area (Å²) in [4.78, 5) is 11.1. The zero-order valence-corrected chi connectivity index (χ0v) is 7.38. The second kappa shape index (κ2) is 2.61. The molecule has 2 nitrogen and oxygen atoms in total. The van der Waals surface area contributed by atoms with Gasteiger partial charge < -0.3 is 4.74 Å². The molecule has 12 heavy (non-hydrogen) atoms. The van der Waals surface area contributed by atoms with Crippen molar-refractivity contribution in [3.05, 3.63) is 12.2 Å². The third-order valence-corrected chi connectivity index (χ3v) is 3.30. The van der Waals surface area contributed by atoms with Gasteiger partial charge in [0.15, 0.2) is 0 Å². The first-order chi connectivity index (χ1) is 5.70. The van der Waals surface area contributed by atoms with Crippen LogP contribution in [0.15, 0.2) is 12.2 Å². The van der Waals surface area contributed by atoms with Gasteiger partial charge in [0.05, 0.1) is 6.61 Å². The van der Waals surface area contributed by atoms with Crippen LogP contribution in [0.3, 0.4) is 0 Å². The van der Waals surface area contributed by atoms with Gasteiger partial charge in [-0.1, -0.05) is 13.5 Å². The maximum absolute atomic E-state index is 11.1. The summed E-state index contributed by atoms with van der Waals surface area (Å²) in [5.74, 6) is 1.49. The summed E-state index contributed by atoms with van der Waals surface area (Å²) in [6, 6.07) is 0. The first-order valence-electron chi connectivity index (χ1n) is 4.56. The van der Waals surface area contributed by atoms with E-state index in [0.717, 1.165) is 6.42 Å². The van der Waals surface area contributed by atoms with Crippen LogP contribution in [0.2, 0.25) is 0 Å². The van der Waals surface area contributed by atoms with Crippen molar-refractivity contribution in [1.82, 2.24) is 0 Å². The minimum absolute atomic E-state index is 0.176. The number of carbonyl (C=O) groups is 1. The maximum Gasteiger partial charge on any atom is 0.333 e. The molecule has 0 spiro atoms. The zero-order chi connectivity index (χ0) is 8.72. The van der Waals surface area contributed by atoms with E-state index in [1.54, 1.807) is 0 Å². The van der Waals surface area contributed by atoms with E-state index < -0.39 is 0 Å². The molecule has 1 heterocycles. The predicted molar refractivity (Wildman–Crippen MR) is 45.5 cm³/mol. The fraction of sp³-hybridized carbons (Fsp3) is 0.700. The van der Waals surface area contributed by atoms with Crippen molar-refractivity contribution in [1.29, 1.82) is 0 Å². The quantitative estimate of drug-likeness (QED) is 0.405. The van der Waals surface area contributed by atoms with Crippen molar-refractivity contribution in [2.45, 2.75) is 19.8 Å². The highest BCUT2D eigenvalue weighted by Gasteiger charge is 2.41. The molecule has 2 heteroatoms. The molecular formula is C10H14O2. The smallest absolute Gasteiger partial charge is 0.333 e. The van der Waals surface area contributed by atoms with Gasteiger partial charge in [-0.15, -0.1) is 0 Å². The normalized spacial score (nSPS) is 40.9. The highest BCUT2D eigenvalue weighted by atomic mass is 16.5. The second-order valence-corrected chi connectivity index (χ2v) is 3.95. The number of rotatable bonds is 0. The van der Waals surface area contributed by atoms with Crippen molar-refractivity contribution in [2.75, 3.05) is 6.61 Å². The summed E-state index contributed by atoms with van der Waals surface area (Å²) < 4.78 is 5.04. The third-order valence-electron chi connectivity index (χ3n) is 3.30. The highest BCUT2D eigenvalue weighted by molar-refractivity contribution is 5.89. The molecule has 0 aromatic heterocycles. The van der Waals surface area contributed by atoms with Crippen LogP contribution in [0, 0.1) is 17.8 Å². The topological polar surface area (TPSA) is 26.3 Å². The van der Waals surface area contributed by atoms with E-state index in [2.05, 4.69) is 13.5 Å². The Bertz CT molecular complexity index is 232. The molecule has 3 atom stereocenters. The van der Waals surface area contributed by atoms with Crippen molar-refractivity contribution < 1.29 is 9.53 Å². The molecule has 1 aliphatic heterocycles. The SMILES string of the molecule is C=C1C(=O)OC[C@H]2[C@H](C)CC[C@@H]12. The molecule has 2 aliphatic rings. The highest BCUT2D eigenvalue weighted by Crippen LogP contribution is 2.43. The van der Waals surface area contributed by atoms with Crippen LogP contribution in [-0.2, 0) is 9.53 Å². The summed E-state index contributed by atoms with van der Waals surface area (Å²) in [6.45, 7) is 6.65. The van der Waals surface area contributed by atoms with Gasteiger partial charge in [0.25, 0.3) is 0 Å². The number of ether oxygens (including phenoxy) is 1. The molecule has 0 bridgehead atoms. The Labute approximate surface area is 72.6 Å². The molecule has 2 fully saturated rings. The van der Waals surface area contributed by atoms with Crippen LogP contribution in [0.4, 0.5) is 0 Å². The van der Waals surface area contributed by atoms with E-state index in [1.165, 1.54) is 6.42 Å². The molecule has 0 N–H and O–H groups in total. The second-order valence-electron chi connectivity index (χ2n) is 3.95. The molecule has 2 rings (SSSR count). The number of carbonyl (C=O) groups excluding carboxylic acids is 1. The molecule has 0 radical (unpaired) electrons. The summed E-state index contributed by atoms with van der Waals surface area (Å²) in [5.41, 5.74) is 0.704. The Morgan fingerprint density at radius 3 is 3.00 bits per heavy atom. The Balaban J connectivity index is 2.19. The van der Waals surface area contributed by atoms with E-state index in [0.29, 0.717) is 29.9 Å². The van der Waals surface area contributed by atoms with Gasteiger partial charge in [-0.2, -0.15) is 0 Å². The maximum atomic E-state index is 11.1. The van der Waals surface area contributed by atoms with Gasteiger partial charge >= 0.3 is 5.97 Å². The molecular weight excluding hydrogens is 152 g/mol. The number of hydrogen-bond acceptors (Lipinski definition) is 2. The molecule has 1 aliphatic carbocycles. The molecule has 66 valence electrons.